The van der Waals surface area contributed by atoms with Crippen LogP contribution in [0.4, 0.5) is 0 Å². The number of thiophene rings is 2. The van der Waals surface area contributed by atoms with E-state index in [0.29, 0.717) is 0 Å². The maximum atomic E-state index is 2.43. The van der Waals surface area contributed by atoms with Crippen LogP contribution in [0.3, 0.4) is 0 Å². The van der Waals surface area contributed by atoms with Gasteiger partial charge in [0, 0.05) is 35.5 Å². The highest BCUT2D eigenvalue weighted by Crippen LogP contribution is 2.40. The minimum atomic E-state index is 1.10. The van der Waals surface area contributed by atoms with E-state index in [1.54, 1.807) is 0 Å². The second kappa shape index (κ2) is 6.30. The molecule has 3 aromatic carbocycles. The quantitative estimate of drug-likeness (QED) is 0.292. The summed E-state index contributed by atoms with van der Waals surface area (Å²) >= 11 is 3.89. The molecule has 0 spiro atoms. The molecule has 2 heteroatoms. The number of benzene rings is 3. The van der Waals surface area contributed by atoms with Crippen LogP contribution in [0.2, 0.25) is 0 Å². The van der Waals surface area contributed by atoms with E-state index in [1.165, 1.54) is 57.1 Å². The van der Waals surface area contributed by atoms with Crippen molar-refractivity contribution in [2.75, 3.05) is 0 Å². The maximum Gasteiger partial charge on any atom is 0.0445 e. The van der Waals surface area contributed by atoms with Crippen molar-refractivity contribution < 1.29 is 0 Å². The van der Waals surface area contributed by atoms with Crippen LogP contribution in [-0.2, 0) is 19.3 Å². The summed E-state index contributed by atoms with van der Waals surface area (Å²) in [7, 11) is 0. The Bertz CT molecular complexity index is 1540. The number of fused-ring (bicyclic) bond motifs is 7. The minimum Gasteiger partial charge on any atom is -0.143 e. The Balaban J connectivity index is 1.64. The summed E-state index contributed by atoms with van der Waals surface area (Å²) in [5.41, 5.74) is 2.91. The summed E-state index contributed by atoms with van der Waals surface area (Å²) in [4.78, 5) is 1.49. The van der Waals surface area contributed by atoms with Crippen molar-refractivity contribution in [1.29, 1.82) is 0 Å². The van der Waals surface area contributed by atoms with E-state index in [1.807, 2.05) is 22.7 Å². The van der Waals surface area contributed by atoms with Crippen LogP contribution in [-0.4, -0.2) is 0 Å². The third-order valence-corrected chi connectivity index (χ3v) is 8.23. The molecule has 0 nitrogen and oxygen atoms in total. The van der Waals surface area contributed by atoms with E-state index in [2.05, 4.69) is 73.0 Å². The summed E-state index contributed by atoms with van der Waals surface area (Å²) < 4.78 is 2.96. The molecule has 0 saturated heterocycles. The molecule has 1 aliphatic carbocycles. The van der Waals surface area contributed by atoms with Crippen molar-refractivity contribution >= 4 is 42.8 Å². The molecule has 0 unspecified atom stereocenters. The van der Waals surface area contributed by atoms with Crippen molar-refractivity contribution in [3.63, 3.8) is 0 Å². The highest BCUT2D eigenvalue weighted by Gasteiger charge is 2.17. The topological polar surface area (TPSA) is 0 Å². The van der Waals surface area contributed by atoms with Crippen molar-refractivity contribution in [2.45, 2.75) is 26.2 Å². The van der Waals surface area contributed by atoms with Crippen LogP contribution < -0.4 is 0 Å². The first-order chi connectivity index (χ1) is 13.8. The fourth-order valence-corrected chi connectivity index (χ4v) is 6.78. The Labute approximate surface area is 171 Å². The van der Waals surface area contributed by atoms with Gasteiger partial charge in [-0.3, -0.25) is 0 Å². The summed E-state index contributed by atoms with van der Waals surface area (Å²) in [6.07, 6.45) is 3.31. The molecule has 0 bridgehead atoms. The van der Waals surface area contributed by atoms with Gasteiger partial charge in [-0.25, -0.2) is 0 Å². The molecule has 0 radical (unpaired) electrons. The lowest BCUT2D eigenvalue weighted by atomic mass is 9.92. The summed E-state index contributed by atoms with van der Waals surface area (Å²) in [5.74, 6) is 0. The average molecular weight is 397 g/mol. The van der Waals surface area contributed by atoms with E-state index >= 15 is 0 Å². The Morgan fingerprint density at radius 1 is 0.750 bits per heavy atom. The zero-order valence-electron chi connectivity index (χ0n) is 15.8. The van der Waals surface area contributed by atoms with Crippen molar-refractivity contribution in [2.24, 2.45) is 0 Å². The molecule has 0 N–H and O–H groups in total. The Morgan fingerprint density at radius 2 is 1.64 bits per heavy atom. The van der Waals surface area contributed by atoms with Gasteiger partial charge in [-0.15, -0.1) is 22.7 Å². The number of hydrogen-bond acceptors (Lipinski definition) is 2. The minimum absolute atomic E-state index is 1.10. The van der Waals surface area contributed by atoms with E-state index in [4.69, 9.17) is 0 Å². The smallest absolute Gasteiger partial charge is 0.0445 e. The Hall–Kier alpha value is -2.42. The van der Waals surface area contributed by atoms with Gasteiger partial charge in [-0.05, 0) is 58.3 Å². The molecule has 0 atom stereocenters. The van der Waals surface area contributed by atoms with Crippen LogP contribution in [0.1, 0.15) is 22.9 Å². The first-order valence-electron chi connectivity index (χ1n) is 9.97. The second-order valence-corrected chi connectivity index (χ2v) is 9.60. The zero-order chi connectivity index (χ0) is 18.7. The normalized spacial score (nSPS) is 12.2. The van der Waals surface area contributed by atoms with Crippen LogP contribution in [0.25, 0.3) is 20.2 Å². The van der Waals surface area contributed by atoms with Gasteiger partial charge < -0.3 is 0 Å². The first kappa shape index (κ1) is 16.5. The third kappa shape index (κ3) is 2.28. The molecule has 2 heterocycles. The molecule has 5 aromatic rings. The lowest BCUT2D eigenvalue weighted by Gasteiger charge is -2.13. The van der Waals surface area contributed by atoms with Crippen molar-refractivity contribution in [3.8, 4) is 0 Å². The maximum absolute atomic E-state index is 2.43. The fourth-order valence-electron chi connectivity index (χ4n) is 4.62. The van der Waals surface area contributed by atoms with Gasteiger partial charge in [0.05, 0.1) is 0 Å². The van der Waals surface area contributed by atoms with Gasteiger partial charge in [0.2, 0.25) is 0 Å². The predicted molar refractivity (Wildman–Crippen MR) is 122 cm³/mol. The number of rotatable bonds is 4. The van der Waals surface area contributed by atoms with Crippen LogP contribution in [0.5, 0.6) is 0 Å². The summed E-state index contributed by atoms with van der Waals surface area (Å²) in [6, 6.07) is 22.5. The lowest BCUT2D eigenvalue weighted by Crippen LogP contribution is -2.00. The van der Waals surface area contributed by atoms with Crippen LogP contribution >= 0.6 is 22.7 Å². The molecule has 6 rings (SSSR count). The van der Waals surface area contributed by atoms with E-state index in [9.17, 15) is 0 Å². The molecule has 0 saturated carbocycles. The summed E-state index contributed by atoms with van der Waals surface area (Å²) in [5, 5.41) is 11.2. The van der Waals surface area contributed by atoms with Crippen LogP contribution in [0, 0.1) is 20.9 Å². The average Bonchev–Trinajstić information content (AvgIpc) is 3.35. The lowest BCUT2D eigenvalue weighted by molar-refractivity contribution is 0.946. The van der Waals surface area contributed by atoms with Gasteiger partial charge >= 0.3 is 0 Å². The third-order valence-electron chi connectivity index (χ3n) is 5.98. The second-order valence-electron chi connectivity index (χ2n) is 7.55. The van der Waals surface area contributed by atoms with Gasteiger partial charge in [0.15, 0.2) is 0 Å². The molecular weight excluding hydrogens is 376 g/mol. The molecule has 1 aliphatic rings. The molecule has 136 valence electrons. The van der Waals surface area contributed by atoms with Gasteiger partial charge in [0.1, 0.15) is 0 Å². The van der Waals surface area contributed by atoms with Crippen molar-refractivity contribution in [1.82, 2.24) is 0 Å². The van der Waals surface area contributed by atoms with Crippen molar-refractivity contribution in [3.05, 3.63) is 103 Å². The molecule has 28 heavy (non-hydrogen) atoms. The van der Waals surface area contributed by atoms with E-state index < -0.39 is 0 Å². The number of aryl methyl sites for hydroxylation is 3. The molecule has 0 aliphatic heterocycles. The monoisotopic (exact) mass is 396 g/mol. The Morgan fingerprint density at radius 3 is 2.50 bits per heavy atom. The largest absolute Gasteiger partial charge is 0.143 e. The molecule has 0 fully saturated rings. The summed E-state index contributed by atoms with van der Waals surface area (Å²) in [6.45, 7) is 2.26. The van der Waals surface area contributed by atoms with E-state index in [0.717, 1.165) is 19.3 Å². The highest BCUT2D eigenvalue weighted by atomic mass is 32.1. The SMILES string of the molecule is CCc1cc2c(s1)c1c(c3ccsc32)=c2c(CCc3ccccc3)cccc2=1. The first-order valence-corrected chi connectivity index (χ1v) is 11.7. The molecular formula is C26H20S2. The van der Waals surface area contributed by atoms with Gasteiger partial charge in [0.25, 0.3) is 0 Å². The fraction of sp³-hybridized carbons (Fsp3) is 0.154. The molecule has 2 aromatic heterocycles. The predicted octanol–water partition coefficient (Wildman–Crippen LogP) is 7.35. The van der Waals surface area contributed by atoms with E-state index in [-0.39, 0.29) is 0 Å². The van der Waals surface area contributed by atoms with Crippen LogP contribution in [0.15, 0.2) is 66.0 Å². The molecule has 0 amide bonds. The Kier molecular flexibility index (Phi) is 3.72. The highest BCUT2D eigenvalue weighted by molar-refractivity contribution is 7.22. The van der Waals surface area contributed by atoms with Gasteiger partial charge in [-0.2, -0.15) is 0 Å². The number of hydrogen-bond donors (Lipinski definition) is 0. The zero-order valence-corrected chi connectivity index (χ0v) is 17.4. The standard InChI is InChI=1S/C26H20S2/c1-2-18-15-21-25-20(13-14-27-25)23-22-17(12-11-16-7-4-3-5-8-16)9-6-10-19(22)24(23)26(21)28-18/h3-10,13-15H,2,11-12H2,1H3. The van der Waals surface area contributed by atoms with Gasteiger partial charge in [-0.1, -0.05) is 55.5 Å².